The van der Waals surface area contributed by atoms with Crippen molar-refractivity contribution >= 4 is 11.8 Å². The normalized spacial score (nSPS) is 10.3. The predicted octanol–water partition coefficient (Wildman–Crippen LogP) is 2.33. The molecule has 0 heterocycles. The predicted molar refractivity (Wildman–Crippen MR) is 54.9 cm³/mol. The molecule has 0 bridgehead atoms. The van der Waals surface area contributed by atoms with E-state index in [2.05, 4.69) is 6.92 Å². The number of carbonyl (C=O) groups is 2. The fourth-order valence-electron chi connectivity index (χ4n) is 0.935. The minimum absolute atomic E-state index is 0.0505. The van der Waals surface area contributed by atoms with Crippen molar-refractivity contribution in [3.63, 3.8) is 0 Å². The number of rotatable bonds is 7. The van der Waals surface area contributed by atoms with Crippen molar-refractivity contribution < 1.29 is 14.3 Å². The third-order valence-corrected chi connectivity index (χ3v) is 1.97. The number of Topliss-reactive ketones (excluding diaryl/α,β-unsaturated/α-hetero) is 1. The Balaban J connectivity index is 3.51. The van der Waals surface area contributed by atoms with E-state index in [4.69, 9.17) is 4.74 Å². The fraction of sp³-hybridized carbons (Fsp3) is 0.818. The maximum Gasteiger partial charge on any atom is 0.313 e. The number of hydrogen-bond donors (Lipinski definition) is 0. The van der Waals surface area contributed by atoms with E-state index < -0.39 is 0 Å². The Morgan fingerprint density at radius 3 is 2.36 bits per heavy atom. The fourth-order valence-corrected chi connectivity index (χ4v) is 0.935. The highest BCUT2D eigenvalue weighted by atomic mass is 16.5. The van der Waals surface area contributed by atoms with E-state index in [1.54, 1.807) is 13.8 Å². The van der Waals surface area contributed by atoms with Gasteiger partial charge >= 0.3 is 5.97 Å². The van der Waals surface area contributed by atoms with Crippen LogP contribution in [0.5, 0.6) is 0 Å². The van der Waals surface area contributed by atoms with E-state index in [0.717, 1.165) is 19.3 Å². The number of ether oxygens (including phenoxy) is 1. The van der Waals surface area contributed by atoms with Crippen LogP contribution in [0.15, 0.2) is 0 Å². The van der Waals surface area contributed by atoms with Crippen LogP contribution in [0.4, 0.5) is 0 Å². The summed E-state index contributed by atoms with van der Waals surface area (Å²) in [6, 6.07) is 0. The standard InChI is InChI=1S/C11H20O3/c1-4-5-6-7-14-11(13)8-10(12)9(2)3/h9H,4-8H2,1-3H3. The third-order valence-electron chi connectivity index (χ3n) is 1.97. The van der Waals surface area contributed by atoms with Gasteiger partial charge in [0.1, 0.15) is 12.2 Å². The zero-order chi connectivity index (χ0) is 11.0. The van der Waals surface area contributed by atoms with Crippen LogP contribution in [-0.4, -0.2) is 18.4 Å². The van der Waals surface area contributed by atoms with Crippen molar-refractivity contribution in [2.75, 3.05) is 6.61 Å². The number of esters is 1. The zero-order valence-corrected chi connectivity index (χ0v) is 9.34. The number of unbranched alkanes of at least 4 members (excludes halogenated alkanes) is 2. The molecule has 0 amide bonds. The van der Waals surface area contributed by atoms with Gasteiger partial charge in [0, 0.05) is 5.92 Å². The van der Waals surface area contributed by atoms with Gasteiger partial charge in [-0.3, -0.25) is 9.59 Å². The van der Waals surface area contributed by atoms with Gasteiger partial charge in [-0.1, -0.05) is 33.6 Å². The molecule has 0 fully saturated rings. The van der Waals surface area contributed by atoms with Crippen LogP contribution in [0.3, 0.4) is 0 Å². The molecule has 0 rings (SSSR count). The zero-order valence-electron chi connectivity index (χ0n) is 9.34. The van der Waals surface area contributed by atoms with Crippen molar-refractivity contribution in [3.8, 4) is 0 Å². The van der Waals surface area contributed by atoms with E-state index in [0.29, 0.717) is 6.61 Å². The van der Waals surface area contributed by atoms with Crippen molar-refractivity contribution in [1.29, 1.82) is 0 Å². The lowest BCUT2D eigenvalue weighted by Gasteiger charge is -2.05. The Morgan fingerprint density at radius 1 is 1.21 bits per heavy atom. The number of hydrogen-bond acceptors (Lipinski definition) is 3. The summed E-state index contributed by atoms with van der Waals surface area (Å²) in [5, 5.41) is 0. The second kappa shape index (κ2) is 7.54. The molecule has 0 aromatic heterocycles. The lowest BCUT2D eigenvalue weighted by atomic mass is 10.1. The van der Waals surface area contributed by atoms with Crippen LogP contribution >= 0.6 is 0 Å². The second-order valence-corrected chi connectivity index (χ2v) is 3.73. The molecule has 0 atom stereocenters. The molecule has 3 heteroatoms. The minimum Gasteiger partial charge on any atom is -0.465 e. The molecule has 0 saturated heterocycles. The molecule has 0 spiro atoms. The maximum atomic E-state index is 11.1. The molecular weight excluding hydrogens is 180 g/mol. The highest BCUT2D eigenvalue weighted by Crippen LogP contribution is 2.01. The lowest BCUT2D eigenvalue weighted by molar-refractivity contribution is -0.146. The van der Waals surface area contributed by atoms with Gasteiger partial charge in [-0.05, 0) is 6.42 Å². The van der Waals surface area contributed by atoms with E-state index in [1.165, 1.54) is 0 Å². The lowest BCUT2D eigenvalue weighted by Crippen LogP contribution is -2.15. The smallest absolute Gasteiger partial charge is 0.313 e. The van der Waals surface area contributed by atoms with Crippen molar-refractivity contribution in [2.45, 2.75) is 46.5 Å². The van der Waals surface area contributed by atoms with Gasteiger partial charge in [0.25, 0.3) is 0 Å². The monoisotopic (exact) mass is 200 g/mol. The Kier molecular flexibility index (Phi) is 7.07. The summed E-state index contributed by atoms with van der Waals surface area (Å²) < 4.78 is 4.91. The first-order chi connectivity index (χ1) is 6.57. The van der Waals surface area contributed by atoms with Crippen LogP contribution in [0.25, 0.3) is 0 Å². The molecule has 0 unspecified atom stereocenters. The summed E-state index contributed by atoms with van der Waals surface area (Å²) in [6.07, 6.45) is 2.97. The van der Waals surface area contributed by atoms with E-state index in [9.17, 15) is 9.59 Å². The van der Waals surface area contributed by atoms with Gasteiger partial charge in [0.2, 0.25) is 0 Å². The molecular formula is C11H20O3. The molecule has 0 aromatic rings. The van der Waals surface area contributed by atoms with Crippen LogP contribution in [-0.2, 0) is 14.3 Å². The van der Waals surface area contributed by atoms with Crippen molar-refractivity contribution in [3.05, 3.63) is 0 Å². The molecule has 3 nitrogen and oxygen atoms in total. The summed E-state index contributed by atoms with van der Waals surface area (Å²) >= 11 is 0. The van der Waals surface area contributed by atoms with Gasteiger partial charge < -0.3 is 4.74 Å². The topological polar surface area (TPSA) is 43.4 Å². The summed E-state index contributed by atoms with van der Waals surface area (Å²) in [4.78, 5) is 22.2. The summed E-state index contributed by atoms with van der Waals surface area (Å²) in [5.74, 6) is -0.525. The Bertz CT molecular complexity index is 185. The molecule has 82 valence electrons. The highest BCUT2D eigenvalue weighted by molar-refractivity contribution is 5.96. The summed E-state index contributed by atoms with van der Waals surface area (Å²) in [7, 11) is 0. The molecule has 0 aromatic carbocycles. The average Bonchev–Trinajstić information content (AvgIpc) is 2.12. The molecule has 0 saturated carbocycles. The van der Waals surface area contributed by atoms with E-state index >= 15 is 0 Å². The van der Waals surface area contributed by atoms with Gasteiger partial charge in [-0.2, -0.15) is 0 Å². The molecule has 0 N–H and O–H groups in total. The minimum atomic E-state index is -0.389. The first-order valence-electron chi connectivity index (χ1n) is 5.26. The molecule has 0 radical (unpaired) electrons. The number of carbonyl (C=O) groups excluding carboxylic acids is 2. The molecule has 0 aliphatic rings. The largest absolute Gasteiger partial charge is 0.465 e. The molecule has 0 aliphatic carbocycles. The SMILES string of the molecule is CCCCCOC(=O)CC(=O)C(C)C. The average molecular weight is 200 g/mol. The van der Waals surface area contributed by atoms with E-state index in [-0.39, 0.29) is 24.1 Å². The first-order valence-corrected chi connectivity index (χ1v) is 5.26. The van der Waals surface area contributed by atoms with Crippen LogP contribution < -0.4 is 0 Å². The highest BCUT2D eigenvalue weighted by Gasteiger charge is 2.13. The van der Waals surface area contributed by atoms with Gasteiger partial charge in [0.15, 0.2) is 0 Å². The van der Waals surface area contributed by atoms with Gasteiger partial charge in [-0.25, -0.2) is 0 Å². The summed E-state index contributed by atoms with van der Waals surface area (Å²) in [5.41, 5.74) is 0. The quantitative estimate of drug-likeness (QED) is 0.360. The molecule has 0 aliphatic heterocycles. The van der Waals surface area contributed by atoms with Crippen molar-refractivity contribution in [2.24, 2.45) is 5.92 Å². The van der Waals surface area contributed by atoms with Gasteiger partial charge in [-0.15, -0.1) is 0 Å². The third kappa shape index (κ3) is 6.63. The second-order valence-electron chi connectivity index (χ2n) is 3.73. The van der Waals surface area contributed by atoms with Crippen LogP contribution in [0.1, 0.15) is 46.5 Å². The number of ketones is 1. The van der Waals surface area contributed by atoms with Crippen LogP contribution in [0.2, 0.25) is 0 Å². The Hall–Kier alpha value is -0.860. The van der Waals surface area contributed by atoms with Crippen LogP contribution in [0, 0.1) is 5.92 Å². The van der Waals surface area contributed by atoms with Crippen molar-refractivity contribution in [1.82, 2.24) is 0 Å². The Morgan fingerprint density at radius 2 is 1.86 bits per heavy atom. The summed E-state index contributed by atoms with van der Waals surface area (Å²) in [6.45, 7) is 6.10. The molecule has 14 heavy (non-hydrogen) atoms. The maximum absolute atomic E-state index is 11.1. The van der Waals surface area contributed by atoms with Gasteiger partial charge in [0.05, 0.1) is 6.61 Å². The van der Waals surface area contributed by atoms with E-state index in [1.807, 2.05) is 0 Å². The Labute approximate surface area is 85.8 Å². The first kappa shape index (κ1) is 13.1.